The molecule has 2 heterocycles. The molecule has 0 radical (unpaired) electrons. The molecule has 3 aromatic rings. The first-order valence-electron chi connectivity index (χ1n) is 10.5. The lowest BCUT2D eigenvalue weighted by molar-refractivity contribution is -0.135. The Balaban J connectivity index is 1.48. The summed E-state index contributed by atoms with van der Waals surface area (Å²) in [6.07, 6.45) is 0. The van der Waals surface area contributed by atoms with Crippen molar-refractivity contribution in [3.8, 4) is 11.3 Å². The lowest BCUT2D eigenvalue weighted by Gasteiger charge is -2.37. The Morgan fingerprint density at radius 1 is 0.969 bits per heavy atom. The van der Waals surface area contributed by atoms with Gasteiger partial charge in [0.25, 0.3) is 5.56 Å². The van der Waals surface area contributed by atoms with Gasteiger partial charge in [-0.2, -0.15) is 5.10 Å². The molecular weight excluding hydrogens is 447 g/mol. The summed E-state index contributed by atoms with van der Waals surface area (Å²) in [4.78, 5) is 29.5. The summed E-state index contributed by atoms with van der Waals surface area (Å²) in [7, 11) is 0. The first-order chi connectivity index (χ1) is 15.3. The third kappa shape index (κ3) is 4.52. The minimum absolute atomic E-state index is 0.127. The Kier molecular flexibility index (Phi) is 6.53. The van der Waals surface area contributed by atoms with Gasteiger partial charge in [-0.3, -0.25) is 9.59 Å². The first-order valence-corrected chi connectivity index (χ1v) is 11.3. The van der Waals surface area contributed by atoms with Crippen molar-refractivity contribution in [3.05, 3.63) is 80.6 Å². The third-order valence-electron chi connectivity index (χ3n) is 5.76. The molecule has 1 amide bonds. The van der Waals surface area contributed by atoms with Gasteiger partial charge in [0.15, 0.2) is 0 Å². The summed E-state index contributed by atoms with van der Waals surface area (Å²) in [5.74, 6) is -0.127. The lowest BCUT2D eigenvalue weighted by Crippen LogP contribution is -2.51. The number of piperazine rings is 1. The summed E-state index contributed by atoms with van der Waals surface area (Å²) in [6.45, 7) is 6.04. The number of nitrogens with zero attached hydrogens (tertiary/aromatic N) is 4. The Bertz CT molecular complexity index is 1190. The van der Waals surface area contributed by atoms with Crippen LogP contribution in [0, 0.1) is 6.92 Å². The minimum atomic E-state index is -0.700. The SMILES string of the molecule is Cc1ccc(-c2ccc(=O)n(C(C)C(=O)N3CCN(c4cccc(Cl)c4Cl)CC3)n2)cc1. The third-order valence-corrected chi connectivity index (χ3v) is 6.57. The van der Waals surface area contributed by atoms with E-state index in [1.165, 1.54) is 10.7 Å². The summed E-state index contributed by atoms with van der Waals surface area (Å²) < 4.78 is 1.28. The van der Waals surface area contributed by atoms with Crippen LogP contribution >= 0.6 is 23.2 Å². The van der Waals surface area contributed by atoms with E-state index in [4.69, 9.17) is 23.2 Å². The summed E-state index contributed by atoms with van der Waals surface area (Å²) >= 11 is 12.5. The number of aromatic nitrogens is 2. The fourth-order valence-electron chi connectivity index (χ4n) is 3.85. The Morgan fingerprint density at radius 3 is 2.34 bits per heavy atom. The fraction of sp³-hybridized carbons (Fsp3) is 0.292. The zero-order chi connectivity index (χ0) is 22.8. The second-order valence-corrected chi connectivity index (χ2v) is 8.71. The smallest absolute Gasteiger partial charge is 0.267 e. The van der Waals surface area contributed by atoms with Crippen LogP contribution in [0.15, 0.2) is 59.4 Å². The van der Waals surface area contributed by atoms with E-state index in [0.717, 1.165) is 16.8 Å². The highest BCUT2D eigenvalue weighted by Gasteiger charge is 2.28. The van der Waals surface area contributed by atoms with E-state index in [-0.39, 0.29) is 11.5 Å². The van der Waals surface area contributed by atoms with Gasteiger partial charge in [0.2, 0.25) is 5.91 Å². The number of amides is 1. The van der Waals surface area contributed by atoms with Crippen LogP contribution in [-0.4, -0.2) is 46.8 Å². The highest BCUT2D eigenvalue weighted by Crippen LogP contribution is 2.33. The molecule has 0 aliphatic carbocycles. The van der Waals surface area contributed by atoms with Crippen molar-refractivity contribution >= 4 is 34.8 Å². The van der Waals surface area contributed by atoms with Crippen molar-refractivity contribution in [2.45, 2.75) is 19.9 Å². The second-order valence-electron chi connectivity index (χ2n) is 7.93. The molecule has 1 aliphatic heterocycles. The fourth-order valence-corrected chi connectivity index (χ4v) is 4.27. The standard InChI is InChI=1S/C24H24Cl2N4O2/c1-16-6-8-18(9-7-16)20-10-11-22(31)30(27-20)17(2)24(32)29-14-12-28(13-15-29)21-5-3-4-19(25)23(21)26/h3-11,17H,12-15H2,1-2H3. The second kappa shape index (κ2) is 9.35. The minimum Gasteiger partial charge on any atom is -0.367 e. The molecule has 0 saturated carbocycles. The molecular formula is C24H24Cl2N4O2. The predicted molar refractivity (Wildman–Crippen MR) is 129 cm³/mol. The van der Waals surface area contributed by atoms with Crippen LogP contribution in [0.25, 0.3) is 11.3 Å². The average Bonchev–Trinajstić information content (AvgIpc) is 2.81. The molecule has 1 saturated heterocycles. The van der Waals surface area contributed by atoms with Crippen LogP contribution in [0.1, 0.15) is 18.5 Å². The van der Waals surface area contributed by atoms with Crippen molar-refractivity contribution in [1.82, 2.24) is 14.7 Å². The van der Waals surface area contributed by atoms with Crippen LogP contribution in [0.3, 0.4) is 0 Å². The predicted octanol–water partition coefficient (Wildman–Crippen LogP) is 4.44. The van der Waals surface area contributed by atoms with Crippen molar-refractivity contribution in [1.29, 1.82) is 0 Å². The van der Waals surface area contributed by atoms with Crippen LogP contribution < -0.4 is 10.5 Å². The molecule has 1 fully saturated rings. The van der Waals surface area contributed by atoms with Gasteiger partial charge in [0.1, 0.15) is 6.04 Å². The normalized spacial score (nSPS) is 15.0. The van der Waals surface area contributed by atoms with Gasteiger partial charge in [-0.05, 0) is 32.0 Å². The van der Waals surface area contributed by atoms with E-state index in [1.54, 1.807) is 24.0 Å². The molecule has 0 N–H and O–H groups in total. The lowest BCUT2D eigenvalue weighted by atomic mass is 10.1. The van der Waals surface area contributed by atoms with Crippen molar-refractivity contribution < 1.29 is 4.79 Å². The number of aryl methyl sites for hydroxylation is 1. The molecule has 32 heavy (non-hydrogen) atoms. The molecule has 166 valence electrons. The van der Waals surface area contributed by atoms with Crippen LogP contribution in [-0.2, 0) is 4.79 Å². The average molecular weight is 471 g/mol. The summed E-state index contributed by atoms with van der Waals surface area (Å²) in [5.41, 5.74) is 3.26. The zero-order valence-corrected chi connectivity index (χ0v) is 19.5. The highest BCUT2D eigenvalue weighted by atomic mass is 35.5. The van der Waals surface area contributed by atoms with Gasteiger partial charge in [0.05, 0.1) is 21.4 Å². The van der Waals surface area contributed by atoms with Gasteiger partial charge in [0, 0.05) is 37.8 Å². The molecule has 0 bridgehead atoms. The largest absolute Gasteiger partial charge is 0.367 e. The molecule has 1 unspecified atom stereocenters. The molecule has 2 aromatic carbocycles. The van der Waals surface area contributed by atoms with Crippen molar-refractivity contribution in [3.63, 3.8) is 0 Å². The molecule has 0 spiro atoms. The molecule has 1 aromatic heterocycles. The number of rotatable bonds is 4. The Hall–Kier alpha value is -2.83. The number of anilines is 1. The number of hydrogen-bond acceptors (Lipinski definition) is 4. The van der Waals surface area contributed by atoms with E-state index in [0.29, 0.717) is 41.9 Å². The molecule has 4 rings (SSSR count). The first kappa shape index (κ1) is 22.4. The maximum atomic E-state index is 13.2. The monoisotopic (exact) mass is 470 g/mol. The topological polar surface area (TPSA) is 58.4 Å². The van der Waals surface area contributed by atoms with Crippen molar-refractivity contribution in [2.24, 2.45) is 0 Å². The molecule has 1 atom stereocenters. The van der Waals surface area contributed by atoms with E-state index in [9.17, 15) is 9.59 Å². The maximum absolute atomic E-state index is 13.2. The Morgan fingerprint density at radius 2 is 1.66 bits per heavy atom. The zero-order valence-electron chi connectivity index (χ0n) is 18.0. The maximum Gasteiger partial charge on any atom is 0.267 e. The highest BCUT2D eigenvalue weighted by molar-refractivity contribution is 6.43. The van der Waals surface area contributed by atoms with E-state index in [1.807, 2.05) is 43.3 Å². The van der Waals surface area contributed by atoms with Gasteiger partial charge in [-0.1, -0.05) is 59.1 Å². The number of halogens is 2. The van der Waals surface area contributed by atoms with Gasteiger partial charge >= 0.3 is 0 Å². The molecule has 8 heteroatoms. The number of carbonyl (C=O) groups excluding carboxylic acids is 1. The summed E-state index contributed by atoms with van der Waals surface area (Å²) in [6, 6.07) is 15.9. The van der Waals surface area contributed by atoms with Gasteiger partial charge in [-0.25, -0.2) is 4.68 Å². The van der Waals surface area contributed by atoms with E-state index >= 15 is 0 Å². The molecule has 1 aliphatic rings. The number of hydrogen-bond donors (Lipinski definition) is 0. The van der Waals surface area contributed by atoms with E-state index in [2.05, 4.69) is 10.00 Å². The van der Waals surface area contributed by atoms with Crippen LogP contribution in [0.5, 0.6) is 0 Å². The molecule has 6 nitrogen and oxygen atoms in total. The quantitative estimate of drug-likeness (QED) is 0.565. The van der Waals surface area contributed by atoms with E-state index < -0.39 is 6.04 Å². The van der Waals surface area contributed by atoms with Gasteiger partial charge < -0.3 is 9.80 Å². The summed E-state index contributed by atoms with van der Waals surface area (Å²) in [5, 5.41) is 5.51. The van der Waals surface area contributed by atoms with Crippen LogP contribution in [0.4, 0.5) is 5.69 Å². The Labute approximate surface area is 197 Å². The number of benzene rings is 2. The van der Waals surface area contributed by atoms with Crippen LogP contribution in [0.2, 0.25) is 10.0 Å². The number of carbonyl (C=O) groups is 1. The van der Waals surface area contributed by atoms with Crippen molar-refractivity contribution in [2.75, 3.05) is 31.1 Å². The van der Waals surface area contributed by atoms with Gasteiger partial charge in [-0.15, -0.1) is 0 Å².